The third-order valence-corrected chi connectivity index (χ3v) is 4.03. The van der Waals surface area contributed by atoms with Crippen molar-refractivity contribution in [3.05, 3.63) is 35.4 Å². The van der Waals surface area contributed by atoms with Crippen LogP contribution < -0.4 is 5.32 Å². The number of ether oxygens (including phenoxy) is 1. The van der Waals surface area contributed by atoms with E-state index < -0.39 is 5.97 Å². The summed E-state index contributed by atoms with van der Waals surface area (Å²) >= 11 is 0. The van der Waals surface area contributed by atoms with Gasteiger partial charge in [-0.2, -0.15) is 0 Å². The van der Waals surface area contributed by atoms with Gasteiger partial charge in [-0.15, -0.1) is 0 Å². The second kappa shape index (κ2) is 7.94. The summed E-state index contributed by atoms with van der Waals surface area (Å²) in [7, 11) is 0. The molecular weight excluding hydrogens is 282 g/mol. The smallest absolute Gasteiger partial charge is 0.306 e. The standard InChI is InChI=1S/C17H23NO4/c1-12-3-2-4-13(9-12)10-22-11-16(19)18-15-7-5-14(6-8-15)17(20)21/h2-4,9,14-15H,5-8,10-11H2,1H3,(H,18,19)(H,20,21). The highest BCUT2D eigenvalue weighted by Crippen LogP contribution is 2.24. The summed E-state index contributed by atoms with van der Waals surface area (Å²) in [6, 6.07) is 8.06. The predicted molar refractivity (Wildman–Crippen MR) is 82.4 cm³/mol. The summed E-state index contributed by atoms with van der Waals surface area (Å²) in [5.74, 6) is -1.12. The minimum Gasteiger partial charge on any atom is -0.481 e. The van der Waals surface area contributed by atoms with Gasteiger partial charge in [0.15, 0.2) is 0 Å². The first-order chi connectivity index (χ1) is 10.5. The molecule has 0 saturated heterocycles. The van der Waals surface area contributed by atoms with E-state index in [1.165, 1.54) is 5.56 Å². The Morgan fingerprint density at radius 1 is 1.27 bits per heavy atom. The Kier molecular flexibility index (Phi) is 5.95. The number of carbonyl (C=O) groups excluding carboxylic acids is 1. The van der Waals surface area contributed by atoms with Gasteiger partial charge in [0.2, 0.25) is 5.91 Å². The fraction of sp³-hybridized carbons (Fsp3) is 0.529. The molecule has 0 spiro atoms. The SMILES string of the molecule is Cc1cccc(COCC(=O)NC2CCC(C(=O)O)CC2)c1. The highest BCUT2D eigenvalue weighted by atomic mass is 16.5. The summed E-state index contributed by atoms with van der Waals surface area (Å²) in [6.45, 7) is 2.47. The topological polar surface area (TPSA) is 75.6 Å². The third kappa shape index (κ3) is 5.15. The van der Waals surface area contributed by atoms with Crippen LogP contribution >= 0.6 is 0 Å². The molecule has 120 valence electrons. The lowest BCUT2D eigenvalue weighted by Crippen LogP contribution is -2.40. The van der Waals surface area contributed by atoms with Gasteiger partial charge in [-0.05, 0) is 38.2 Å². The molecule has 2 rings (SSSR count). The summed E-state index contributed by atoms with van der Waals surface area (Å²) in [5.41, 5.74) is 2.22. The van der Waals surface area contributed by atoms with Crippen molar-refractivity contribution < 1.29 is 19.4 Å². The number of amides is 1. The fourth-order valence-corrected chi connectivity index (χ4v) is 2.82. The first kappa shape index (κ1) is 16.5. The number of hydrogen-bond acceptors (Lipinski definition) is 3. The molecule has 0 aromatic heterocycles. The van der Waals surface area contributed by atoms with Crippen LogP contribution in [-0.4, -0.2) is 29.6 Å². The van der Waals surface area contributed by atoms with E-state index in [-0.39, 0.29) is 24.5 Å². The number of carboxylic acids is 1. The molecule has 2 N–H and O–H groups in total. The molecule has 1 aromatic carbocycles. The number of benzene rings is 1. The zero-order chi connectivity index (χ0) is 15.9. The van der Waals surface area contributed by atoms with Crippen molar-refractivity contribution in [2.45, 2.75) is 45.3 Å². The summed E-state index contributed by atoms with van der Waals surface area (Å²) < 4.78 is 5.43. The lowest BCUT2D eigenvalue weighted by molar-refractivity contribution is -0.142. The van der Waals surface area contributed by atoms with Gasteiger partial charge in [-0.1, -0.05) is 29.8 Å². The van der Waals surface area contributed by atoms with E-state index >= 15 is 0 Å². The Balaban J connectivity index is 1.65. The molecule has 0 heterocycles. The first-order valence-corrected chi connectivity index (χ1v) is 7.70. The van der Waals surface area contributed by atoms with Gasteiger partial charge in [-0.25, -0.2) is 0 Å². The molecule has 0 unspecified atom stereocenters. The minimum atomic E-state index is -0.730. The van der Waals surface area contributed by atoms with E-state index in [4.69, 9.17) is 9.84 Å². The second-order valence-electron chi connectivity index (χ2n) is 5.94. The van der Waals surface area contributed by atoms with Crippen molar-refractivity contribution in [2.75, 3.05) is 6.61 Å². The van der Waals surface area contributed by atoms with Crippen molar-refractivity contribution in [1.29, 1.82) is 0 Å². The number of aryl methyl sites for hydroxylation is 1. The fourth-order valence-electron chi connectivity index (χ4n) is 2.82. The molecule has 1 aromatic rings. The second-order valence-corrected chi connectivity index (χ2v) is 5.94. The third-order valence-electron chi connectivity index (χ3n) is 4.03. The number of hydrogen-bond donors (Lipinski definition) is 2. The van der Waals surface area contributed by atoms with Crippen LogP contribution in [0.15, 0.2) is 24.3 Å². The molecule has 5 nitrogen and oxygen atoms in total. The highest BCUT2D eigenvalue weighted by Gasteiger charge is 2.26. The predicted octanol–water partition coefficient (Wildman–Crippen LogP) is 2.27. The van der Waals surface area contributed by atoms with E-state index in [1.807, 2.05) is 31.2 Å². The van der Waals surface area contributed by atoms with Crippen LogP contribution in [-0.2, 0) is 20.9 Å². The monoisotopic (exact) mass is 305 g/mol. The molecule has 0 aliphatic heterocycles. The summed E-state index contributed by atoms with van der Waals surface area (Å²) in [5, 5.41) is 11.9. The zero-order valence-corrected chi connectivity index (χ0v) is 12.9. The maximum Gasteiger partial charge on any atom is 0.306 e. The molecule has 0 radical (unpaired) electrons. The van der Waals surface area contributed by atoms with Gasteiger partial charge in [0, 0.05) is 6.04 Å². The molecule has 1 amide bonds. The Morgan fingerprint density at radius 2 is 2.00 bits per heavy atom. The van der Waals surface area contributed by atoms with Gasteiger partial charge in [0.05, 0.1) is 12.5 Å². The Bertz CT molecular complexity index is 521. The average molecular weight is 305 g/mol. The van der Waals surface area contributed by atoms with Crippen LogP contribution in [0.2, 0.25) is 0 Å². The molecular formula is C17H23NO4. The van der Waals surface area contributed by atoms with Crippen LogP contribution in [0, 0.1) is 12.8 Å². The molecule has 0 bridgehead atoms. The van der Waals surface area contributed by atoms with E-state index in [9.17, 15) is 9.59 Å². The lowest BCUT2D eigenvalue weighted by Gasteiger charge is -2.26. The molecule has 22 heavy (non-hydrogen) atoms. The number of carbonyl (C=O) groups is 2. The van der Waals surface area contributed by atoms with Crippen molar-refractivity contribution in [1.82, 2.24) is 5.32 Å². The molecule has 1 saturated carbocycles. The molecule has 5 heteroatoms. The van der Waals surface area contributed by atoms with Crippen molar-refractivity contribution >= 4 is 11.9 Å². The van der Waals surface area contributed by atoms with Gasteiger partial charge >= 0.3 is 5.97 Å². The Labute approximate surface area is 130 Å². The van der Waals surface area contributed by atoms with Crippen LogP contribution in [0.3, 0.4) is 0 Å². The van der Waals surface area contributed by atoms with Gasteiger partial charge in [0.25, 0.3) is 0 Å². The largest absolute Gasteiger partial charge is 0.481 e. The van der Waals surface area contributed by atoms with Crippen molar-refractivity contribution in [3.63, 3.8) is 0 Å². The van der Waals surface area contributed by atoms with E-state index in [0.717, 1.165) is 18.4 Å². The zero-order valence-electron chi connectivity index (χ0n) is 12.9. The average Bonchev–Trinajstić information content (AvgIpc) is 2.48. The summed E-state index contributed by atoms with van der Waals surface area (Å²) in [4.78, 5) is 22.7. The molecule has 1 aliphatic rings. The van der Waals surface area contributed by atoms with Crippen LogP contribution in [0.1, 0.15) is 36.8 Å². The highest BCUT2D eigenvalue weighted by molar-refractivity contribution is 5.77. The maximum atomic E-state index is 11.8. The Morgan fingerprint density at radius 3 is 2.64 bits per heavy atom. The van der Waals surface area contributed by atoms with E-state index in [1.54, 1.807) is 0 Å². The summed E-state index contributed by atoms with van der Waals surface area (Å²) in [6.07, 6.45) is 2.70. The molecule has 1 aliphatic carbocycles. The minimum absolute atomic E-state index is 0.0345. The van der Waals surface area contributed by atoms with Crippen molar-refractivity contribution in [2.24, 2.45) is 5.92 Å². The van der Waals surface area contributed by atoms with Gasteiger partial charge in [0.1, 0.15) is 6.61 Å². The van der Waals surface area contributed by atoms with E-state index in [2.05, 4.69) is 5.32 Å². The van der Waals surface area contributed by atoms with Crippen LogP contribution in [0.4, 0.5) is 0 Å². The Hall–Kier alpha value is -1.88. The quantitative estimate of drug-likeness (QED) is 0.845. The number of nitrogens with one attached hydrogen (secondary N) is 1. The normalized spacial score (nSPS) is 21.3. The van der Waals surface area contributed by atoms with E-state index in [0.29, 0.717) is 19.4 Å². The molecule has 0 atom stereocenters. The maximum absolute atomic E-state index is 11.8. The number of carboxylic acid groups (broad SMARTS) is 1. The lowest BCUT2D eigenvalue weighted by atomic mass is 9.86. The number of rotatable bonds is 6. The first-order valence-electron chi connectivity index (χ1n) is 7.70. The number of aliphatic carboxylic acids is 1. The molecule has 1 fully saturated rings. The van der Waals surface area contributed by atoms with Gasteiger partial charge in [-0.3, -0.25) is 9.59 Å². The van der Waals surface area contributed by atoms with Gasteiger partial charge < -0.3 is 15.2 Å². The van der Waals surface area contributed by atoms with Crippen molar-refractivity contribution in [3.8, 4) is 0 Å². The van der Waals surface area contributed by atoms with Crippen LogP contribution in [0.25, 0.3) is 0 Å². The van der Waals surface area contributed by atoms with Crippen LogP contribution in [0.5, 0.6) is 0 Å².